The summed E-state index contributed by atoms with van der Waals surface area (Å²) in [6.45, 7) is 6.70. The van der Waals surface area contributed by atoms with Gasteiger partial charge in [0.15, 0.2) is 0 Å². The Balaban J connectivity index is 2.47. The van der Waals surface area contributed by atoms with Gasteiger partial charge in [-0.05, 0) is 38.5 Å². The molecule has 0 radical (unpaired) electrons. The number of benzene rings is 1. The average molecular weight is 216 g/mol. The van der Waals surface area contributed by atoms with Gasteiger partial charge < -0.3 is 9.30 Å². The van der Waals surface area contributed by atoms with E-state index in [1.54, 1.807) is 0 Å². The van der Waals surface area contributed by atoms with Crippen LogP contribution < -0.4 is 4.74 Å². The number of imidazole rings is 1. The smallest absolute Gasteiger partial charge is 0.143 e. The molecule has 3 nitrogen and oxygen atoms in total. The van der Waals surface area contributed by atoms with Gasteiger partial charge in [0, 0.05) is 6.20 Å². The minimum Gasteiger partial charge on any atom is -0.492 e. The molecule has 0 aliphatic heterocycles. The molecule has 16 heavy (non-hydrogen) atoms. The van der Waals surface area contributed by atoms with E-state index in [4.69, 9.17) is 4.74 Å². The second-order valence-electron chi connectivity index (χ2n) is 3.83. The minimum absolute atomic E-state index is 0.671. The predicted molar refractivity (Wildman–Crippen MR) is 64.2 cm³/mol. The van der Waals surface area contributed by atoms with Crippen LogP contribution in [-0.2, 0) is 0 Å². The maximum atomic E-state index is 5.63. The zero-order valence-corrected chi connectivity index (χ0v) is 9.90. The van der Waals surface area contributed by atoms with Crippen molar-refractivity contribution in [3.63, 3.8) is 0 Å². The van der Waals surface area contributed by atoms with Gasteiger partial charge >= 0.3 is 0 Å². The molecule has 0 spiro atoms. The molecule has 0 amide bonds. The van der Waals surface area contributed by atoms with Crippen LogP contribution in [0, 0.1) is 13.8 Å². The summed E-state index contributed by atoms with van der Waals surface area (Å²) in [7, 11) is 0. The molecule has 0 saturated carbocycles. The number of hydrogen-bond donors (Lipinski definition) is 0. The summed E-state index contributed by atoms with van der Waals surface area (Å²) in [5.74, 6) is 0.903. The lowest BCUT2D eigenvalue weighted by Gasteiger charge is -2.11. The van der Waals surface area contributed by atoms with Crippen molar-refractivity contribution in [2.45, 2.75) is 20.8 Å². The third kappa shape index (κ3) is 2.08. The Morgan fingerprint density at radius 1 is 1.31 bits per heavy atom. The monoisotopic (exact) mass is 216 g/mol. The normalized spacial score (nSPS) is 10.4. The minimum atomic E-state index is 0.671. The Bertz CT molecular complexity index is 488. The second-order valence-corrected chi connectivity index (χ2v) is 3.83. The van der Waals surface area contributed by atoms with Gasteiger partial charge in [-0.3, -0.25) is 0 Å². The van der Waals surface area contributed by atoms with E-state index in [-0.39, 0.29) is 0 Å². The Morgan fingerprint density at radius 2 is 2.12 bits per heavy atom. The molecule has 0 bridgehead atoms. The molecule has 2 aromatic rings. The van der Waals surface area contributed by atoms with Crippen LogP contribution in [0.25, 0.3) is 5.69 Å². The lowest BCUT2D eigenvalue weighted by atomic mass is 10.2. The van der Waals surface area contributed by atoms with E-state index < -0.39 is 0 Å². The summed E-state index contributed by atoms with van der Waals surface area (Å²) in [6, 6.07) is 6.18. The number of hydrogen-bond acceptors (Lipinski definition) is 2. The third-order valence-corrected chi connectivity index (χ3v) is 2.41. The van der Waals surface area contributed by atoms with Crippen LogP contribution in [0.2, 0.25) is 0 Å². The van der Waals surface area contributed by atoms with E-state index in [0.29, 0.717) is 6.61 Å². The molecule has 1 aromatic carbocycles. The average Bonchev–Trinajstić information content (AvgIpc) is 2.65. The lowest BCUT2D eigenvalue weighted by molar-refractivity contribution is 0.339. The van der Waals surface area contributed by atoms with Gasteiger partial charge in [-0.25, -0.2) is 4.98 Å². The molecule has 1 heterocycles. The van der Waals surface area contributed by atoms with Crippen LogP contribution in [0.3, 0.4) is 0 Å². The summed E-state index contributed by atoms with van der Waals surface area (Å²) in [4.78, 5) is 4.22. The van der Waals surface area contributed by atoms with Gasteiger partial charge in [0.2, 0.25) is 0 Å². The largest absolute Gasteiger partial charge is 0.492 e. The Kier molecular flexibility index (Phi) is 2.95. The van der Waals surface area contributed by atoms with Crippen molar-refractivity contribution < 1.29 is 4.74 Å². The first-order valence-corrected chi connectivity index (χ1v) is 5.45. The molecule has 0 saturated heterocycles. The lowest BCUT2D eigenvalue weighted by Crippen LogP contribution is -1.99. The summed E-state index contributed by atoms with van der Waals surface area (Å²) in [5.41, 5.74) is 3.24. The number of aryl methyl sites for hydroxylation is 2. The molecule has 2 rings (SSSR count). The van der Waals surface area contributed by atoms with Crippen molar-refractivity contribution in [1.29, 1.82) is 0 Å². The van der Waals surface area contributed by atoms with Gasteiger partial charge in [-0.1, -0.05) is 6.07 Å². The first-order valence-electron chi connectivity index (χ1n) is 5.45. The number of nitrogens with zero attached hydrogens (tertiary/aromatic N) is 2. The van der Waals surface area contributed by atoms with Gasteiger partial charge in [-0.15, -0.1) is 0 Å². The van der Waals surface area contributed by atoms with E-state index in [1.165, 1.54) is 5.56 Å². The number of aromatic nitrogens is 2. The Hall–Kier alpha value is -1.77. The molecule has 84 valence electrons. The summed E-state index contributed by atoms with van der Waals surface area (Å²) in [5, 5.41) is 0. The highest BCUT2D eigenvalue weighted by atomic mass is 16.5. The van der Waals surface area contributed by atoms with Crippen molar-refractivity contribution in [3.8, 4) is 11.4 Å². The molecule has 3 heteroatoms. The molecular weight excluding hydrogens is 200 g/mol. The van der Waals surface area contributed by atoms with Crippen molar-refractivity contribution >= 4 is 0 Å². The van der Waals surface area contributed by atoms with E-state index in [9.17, 15) is 0 Å². The van der Waals surface area contributed by atoms with Gasteiger partial charge in [0.25, 0.3) is 0 Å². The van der Waals surface area contributed by atoms with Gasteiger partial charge in [0.1, 0.15) is 5.75 Å². The SMILES string of the molecule is CCOc1cc(C)ccc1-n1cnc(C)c1. The standard InChI is InChI=1S/C13H16N2O/c1-4-16-13-7-10(2)5-6-12(13)15-8-11(3)14-9-15/h5-9H,4H2,1-3H3. The highest BCUT2D eigenvalue weighted by molar-refractivity contribution is 5.48. The van der Waals surface area contributed by atoms with E-state index >= 15 is 0 Å². The maximum absolute atomic E-state index is 5.63. The molecule has 0 N–H and O–H groups in total. The zero-order chi connectivity index (χ0) is 11.5. The fraction of sp³-hybridized carbons (Fsp3) is 0.308. The molecule has 0 unspecified atom stereocenters. The fourth-order valence-corrected chi connectivity index (χ4v) is 1.66. The Morgan fingerprint density at radius 3 is 2.75 bits per heavy atom. The molecular formula is C13H16N2O. The highest BCUT2D eigenvalue weighted by Gasteiger charge is 2.06. The predicted octanol–water partition coefficient (Wildman–Crippen LogP) is 2.89. The van der Waals surface area contributed by atoms with Crippen LogP contribution in [0.4, 0.5) is 0 Å². The van der Waals surface area contributed by atoms with E-state index in [2.05, 4.69) is 24.0 Å². The second kappa shape index (κ2) is 4.39. The molecule has 0 aliphatic carbocycles. The van der Waals surface area contributed by atoms with Crippen LogP contribution in [0.1, 0.15) is 18.2 Å². The zero-order valence-electron chi connectivity index (χ0n) is 9.90. The first kappa shape index (κ1) is 10.7. The summed E-state index contributed by atoms with van der Waals surface area (Å²) >= 11 is 0. The quantitative estimate of drug-likeness (QED) is 0.788. The molecule has 0 aliphatic rings. The third-order valence-electron chi connectivity index (χ3n) is 2.41. The van der Waals surface area contributed by atoms with Crippen molar-refractivity contribution in [3.05, 3.63) is 42.0 Å². The van der Waals surface area contributed by atoms with Crippen LogP contribution >= 0.6 is 0 Å². The summed E-state index contributed by atoms with van der Waals surface area (Å²) in [6.07, 6.45) is 3.80. The number of ether oxygens (including phenoxy) is 1. The Labute approximate surface area is 95.7 Å². The highest BCUT2D eigenvalue weighted by Crippen LogP contribution is 2.24. The van der Waals surface area contributed by atoms with Crippen molar-refractivity contribution in [1.82, 2.24) is 9.55 Å². The van der Waals surface area contributed by atoms with Gasteiger partial charge in [-0.2, -0.15) is 0 Å². The first-order chi connectivity index (χ1) is 7.70. The van der Waals surface area contributed by atoms with Crippen LogP contribution in [-0.4, -0.2) is 16.2 Å². The van der Waals surface area contributed by atoms with E-state index in [0.717, 1.165) is 17.1 Å². The maximum Gasteiger partial charge on any atom is 0.143 e. The molecule has 0 atom stereocenters. The fourth-order valence-electron chi connectivity index (χ4n) is 1.66. The van der Waals surface area contributed by atoms with Crippen molar-refractivity contribution in [2.24, 2.45) is 0 Å². The number of rotatable bonds is 3. The topological polar surface area (TPSA) is 27.1 Å². The van der Waals surface area contributed by atoms with E-state index in [1.807, 2.05) is 37.0 Å². The summed E-state index contributed by atoms with van der Waals surface area (Å²) < 4.78 is 7.62. The molecule has 0 fully saturated rings. The van der Waals surface area contributed by atoms with Crippen molar-refractivity contribution in [2.75, 3.05) is 6.61 Å². The van der Waals surface area contributed by atoms with Crippen LogP contribution in [0.5, 0.6) is 5.75 Å². The van der Waals surface area contributed by atoms with Crippen LogP contribution in [0.15, 0.2) is 30.7 Å². The molecule has 1 aromatic heterocycles. The van der Waals surface area contributed by atoms with Gasteiger partial charge in [0.05, 0.1) is 24.3 Å².